The third kappa shape index (κ3) is 1.71. The average Bonchev–Trinajstić information content (AvgIpc) is 2.28. The number of nitrogen functional groups attached to an aromatic ring is 1. The maximum absolute atomic E-state index is 5.76. The smallest absolute Gasteiger partial charge is 0.198 e. The molecule has 2 rings (SSSR count). The van der Waals surface area contributed by atoms with Gasteiger partial charge in [0.15, 0.2) is 4.77 Å². The molecule has 0 fully saturated rings. The van der Waals surface area contributed by atoms with Crippen LogP contribution in [0.1, 0.15) is 11.3 Å². The van der Waals surface area contributed by atoms with E-state index in [1.165, 1.54) is 0 Å². The maximum Gasteiger partial charge on any atom is 0.198 e. The van der Waals surface area contributed by atoms with E-state index in [1.54, 1.807) is 0 Å². The van der Waals surface area contributed by atoms with E-state index < -0.39 is 0 Å². The van der Waals surface area contributed by atoms with E-state index >= 15 is 0 Å². The minimum Gasteiger partial charge on any atom is -0.383 e. The molecule has 2 heterocycles. The van der Waals surface area contributed by atoms with Gasteiger partial charge in [-0.25, -0.2) is 4.98 Å². The lowest BCUT2D eigenvalue weighted by molar-refractivity contribution is 0.146. The fraction of sp³-hybridized carbons (Fsp3) is 0.500. The molecule has 0 radical (unpaired) electrons. The number of rotatable bonds is 0. The summed E-state index contributed by atoms with van der Waals surface area (Å²) in [6.07, 6.45) is 1.66. The van der Waals surface area contributed by atoms with Gasteiger partial charge in [0.25, 0.3) is 0 Å². The van der Waals surface area contributed by atoms with Crippen molar-refractivity contribution in [1.29, 1.82) is 0 Å². The van der Waals surface area contributed by atoms with Crippen molar-refractivity contribution in [3.8, 4) is 0 Å². The Hall–Kier alpha value is -0.940. The minimum absolute atomic E-state index is 0.457. The van der Waals surface area contributed by atoms with E-state index in [1.807, 2.05) is 0 Å². The van der Waals surface area contributed by atoms with Crippen LogP contribution in [0.4, 0.5) is 5.82 Å². The van der Waals surface area contributed by atoms with E-state index in [9.17, 15) is 0 Å². The molecule has 1 aromatic rings. The van der Waals surface area contributed by atoms with E-state index in [-0.39, 0.29) is 0 Å². The van der Waals surface area contributed by atoms with Crippen molar-refractivity contribution in [2.45, 2.75) is 12.8 Å². The molecule has 0 aliphatic carbocycles. The molecular formula is C8H11N3OS. The number of anilines is 1. The number of ether oxygens (including phenoxy) is 1. The first-order chi connectivity index (χ1) is 6.27. The molecule has 5 heteroatoms. The standard InChI is InChI=1S/C8H11N3OS/c9-7-5-1-3-12-4-2-6(5)10-8(13)11-7/h1-4H2,(H3,9,10,11,13). The minimum atomic E-state index is 0.457. The van der Waals surface area contributed by atoms with Crippen LogP contribution in [0.3, 0.4) is 0 Å². The molecule has 13 heavy (non-hydrogen) atoms. The van der Waals surface area contributed by atoms with Gasteiger partial charge in [-0.3, -0.25) is 0 Å². The molecule has 0 amide bonds. The summed E-state index contributed by atoms with van der Waals surface area (Å²) >= 11 is 4.94. The van der Waals surface area contributed by atoms with Gasteiger partial charge in [0.05, 0.1) is 13.2 Å². The Morgan fingerprint density at radius 3 is 3.00 bits per heavy atom. The predicted molar refractivity (Wildman–Crippen MR) is 52.1 cm³/mol. The fourth-order valence-electron chi connectivity index (χ4n) is 1.51. The van der Waals surface area contributed by atoms with Gasteiger partial charge in [0, 0.05) is 24.1 Å². The lowest BCUT2D eigenvalue weighted by Gasteiger charge is -2.06. The zero-order chi connectivity index (χ0) is 9.26. The molecule has 0 saturated heterocycles. The van der Waals surface area contributed by atoms with Crippen molar-refractivity contribution < 1.29 is 4.74 Å². The first-order valence-electron chi connectivity index (χ1n) is 4.22. The largest absolute Gasteiger partial charge is 0.383 e. The Kier molecular flexibility index (Phi) is 2.28. The van der Waals surface area contributed by atoms with E-state index in [2.05, 4.69) is 9.97 Å². The molecule has 3 N–H and O–H groups in total. The molecule has 1 aromatic heterocycles. The van der Waals surface area contributed by atoms with E-state index in [0.29, 0.717) is 17.2 Å². The third-order valence-electron chi connectivity index (χ3n) is 2.15. The summed E-state index contributed by atoms with van der Waals surface area (Å²) in [7, 11) is 0. The number of H-pyrrole nitrogens is 1. The first kappa shape index (κ1) is 8.65. The van der Waals surface area contributed by atoms with Gasteiger partial charge in [-0.15, -0.1) is 0 Å². The fourth-order valence-corrected chi connectivity index (χ4v) is 1.73. The summed E-state index contributed by atoms with van der Waals surface area (Å²) in [5.41, 5.74) is 7.90. The lowest BCUT2D eigenvalue weighted by atomic mass is 10.1. The van der Waals surface area contributed by atoms with E-state index in [4.69, 9.17) is 22.7 Å². The highest BCUT2D eigenvalue weighted by Gasteiger charge is 2.11. The number of nitrogens with zero attached hydrogens (tertiary/aromatic N) is 1. The first-order valence-corrected chi connectivity index (χ1v) is 4.63. The summed E-state index contributed by atoms with van der Waals surface area (Å²) in [5.74, 6) is 0.546. The van der Waals surface area contributed by atoms with Crippen LogP contribution in [-0.4, -0.2) is 23.2 Å². The van der Waals surface area contributed by atoms with Gasteiger partial charge in [-0.1, -0.05) is 0 Å². The second kappa shape index (κ2) is 3.43. The number of aromatic nitrogens is 2. The molecule has 0 saturated carbocycles. The van der Waals surface area contributed by atoms with Crippen molar-refractivity contribution in [2.75, 3.05) is 18.9 Å². The average molecular weight is 197 g/mol. The Morgan fingerprint density at radius 1 is 1.38 bits per heavy atom. The number of nitrogens with one attached hydrogen (secondary N) is 1. The van der Waals surface area contributed by atoms with Crippen LogP contribution >= 0.6 is 12.2 Å². The Morgan fingerprint density at radius 2 is 2.15 bits per heavy atom. The van der Waals surface area contributed by atoms with Gasteiger partial charge in [-0.05, 0) is 12.2 Å². The Balaban J connectivity index is 2.53. The number of hydrogen-bond acceptors (Lipinski definition) is 4. The van der Waals surface area contributed by atoms with Crippen LogP contribution in [0.2, 0.25) is 0 Å². The zero-order valence-corrected chi connectivity index (χ0v) is 7.99. The number of hydrogen-bond donors (Lipinski definition) is 2. The Labute approximate surface area is 81.1 Å². The molecule has 4 nitrogen and oxygen atoms in total. The van der Waals surface area contributed by atoms with Crippen LogP contribution in [0, 0.1) is 4.77 Å². The molecular weight excluding hydrogens is 186 g/mol. The van der Waals surface area contributed by atoms with Crippen molar-refractivity contribution in [3.05, 3.63) is 16.0 Å². The second-order valence-electron chi connectivity index (χ2n) is 3.00. The second-order valence-corrected chi connectivity index (χ2v) is 3.38. The number of fused-ring (bicyclic) bond motifs is 1. The molecule has 0 bridgehead atoms. The van der Waals surface area contributed by atoms with Gasteiger partial charge in [0.2, 0.25) is 0 Å². The van der Waals surface area contributed by atoms with E-state index in [0.717, 1.165) is 30.7 Å². The topological polar surface area (TPSA) is 63.9 Å². The summed E-state index contributed by atoms with van der Waals surface area (Å²) in [4.78, 5) is 7.06. The predicted octanol–water partition coefficient (Wildman–Crippen LogP) is 0.837. The molecule has 0 spiro atoms. The molecule has 1 aliphatic heterocycles. The lowest BCUT2D eigenvalue weighted by Crippen LogP contribution is -2.05. The summed E-state index contributed by atoms with van der Waals surface area (Å²) in [6.45, 7) is 1.44. The quantitative estimate of drug-likeness (QED) is 0.605. The van der Waals surface area contributed by atoms with Crippen molar-refractivity contribution in [2.24, 2.45) is 0 Å². The SMILES string of the molecule is Nc1nc(=S)[nH]c2c1CCOCC2. The van der Waals surface area contributed by atoms with Gasteiger partial charge >= 0.3 is 0 Å². The maximum atomic E-state index is 5.76. The van der Waals surface area contributed by atoms with Gasteiger partial charge in [-0.2, -0.15) is 0 Å². The Bertz CT molecular complexity index is 374. The van der Waals surface area contributed by atoms with Crippen LogP contribution in [-0.2, 0) is 17.6 Å². The normalized spacial score (nSPS) is 16.3. The molecule has 0 atom stereocenters. The van der Waals surface area contributed by atoms with Crippen molar-refractivity contribution in [3.63, 3.8) is 0 Å². The van der Waals surface area contributed by atoms with Crippen LogP contribution in [0.25, 0.3) is 0 Å². The summed E-state index contributed by atoms with van der Waals surface area (Å²) < 4.78 is 5.79. The van der Waals surface area contributed by atoms with Crippen molar-refractivity contribution >= 4 is 18.0 Å². The molecule has 0 unspecified atom stereocenters. The molecule has 1 aliphatic rings. The molecule has 70 valence electrons. The highest BCUT2D eigenvalue weighted by Crippen LogP contribution is 2.16. The number of nitrogens with two attached hydrogens (primary N) is 1. The highest BCUT2D eigenvalue weighted by atomic mass is 32.1. The van der Waals surface area contributed by atoms with Gasteiger partial charge < -0.3 is 15.5 Å². The third-order valence-corrected chi connectivity index (χ3v) is 2.34. The van der Waals surface area contributed by atoms with Crippen molar-refractivity contribution in [1.82, 2.24) is 9.97 Å². The van der Waals surface area contributed by atoms with Crippen LogP contribution < -0.4 is 5.73 Å². The van der Waals surface area contributed by atoms with Crippen LogP contribution in [0.15, 0.2) is 0 Å². The van der Waals surface area contributed by atoms with Crippen LogP contribution in [0.5, 0.6) is 0 Å². The summed E-state index contributed by atoms with van der Waals surface area (Å²) in [6, 6.07) is 0. The van der Waals surface area contributed by atoms with Gasteiger partial charge in [0.1, 0.15) is 5.82 Å². The highest BCUT2D eigenvalue weighted by molar-refractivity contribution is 7.71. The molecule has 0 aromatic carbocycles. The monoisotopic (exact) mass is 197 g/mol. The number of aromatic amines is 1. The summed E-state index contributed by atoms with van der Waals surface area (Å²) in [5, 5.41) is 0. The zero-order valence-electron chi connectivity index (χ0n) is 7.17.